The van der Waals surface area contributed by atoms with Gasteiger partial charge in [-0.25, -0.2) is 4.79 Å². The molecule has 0 aliphatic carbocycles. The Labute approximate surface area is 84.7 Å². The first-order chi connectivity index (χ1) is 6.72. The number of carbonyl (C=O) groups is 1. The summed E-state index contributed by atoms with van der Waals surface area (Å²) in [4.78, 5) is 11.7. The summed E-state index contributed by atoms with van der Waals surface area (Å²) in [5.41, 5.74) is 0.869. The third-order valence-electron chi connectivity index (χ3n) is 2.01. The summed E-state index contributed by atoms with van der Waals surface area (Å²) in [5.74, 6) is -0.936. The SMILES string of the molecule is CSc1coc2cc(C(=O)O)ccc12. The molecule has 4 heteroatoms. The number of aromatic carboxylic acids is 1. The van der Waals surface area contributed by atoms with Crippen LogP contribution in [0.3, 0.4) is 0 Å². The van der Waals surface area contributed by atoms with Gasteiger partial charge in [0.2, 0.25) is 0 Å². The van der Waals surface area contributed by atoms with Gasteiger partial charge in [-0.2, -0.15) is 0 Å². The lowest BCUT2D eigenvalue weighted by Crippen LogP contribution is -1.94. The first-order valence-electron chi connectivity index (χ1n) is 4.01. The Kier molecular flexibility index (Phi) is 2.21. The van der Waals surface area contributed by atoms with Crippen LogP contribution in [0.4, 0.5) is 0 Å². The van der Waals surface area contributed by atoms with E-state index in [0.29, 0.717) is 5.58 Å². The van der Waals surface area contributed by atoms with E-state index in [4.69, 9.17) is 9.52 Å². The Morgan fingerprint density at radius 3 is 2.93 bits per heavy atom. The maximum atomic E-state index is 10.7. The van der Waals surface area contributed by atoms with E-state index in [1.165, 1.54) is 6.07 Å². The van der Waals surface area contributed by atoms with Crippen molar-refractivity contribution in [3.8, 4) is 0 Å². The lowest BCUT2D eigenvalue weighted by atomic mass is 10.2. The Morgan fingerprint density at radius 2 is 2.29 bits per heavy atom. The number of carboxylic acid groups (broad SMARTS) is 1. The molecule has 0 saturated heterocycles. The van der Waals surface area contributed by atoms with Crippen LogP contribution in [0, 0.1) is 0 Å². The van der Waals surface area contributed by atoms with Crippen molar-refractivity contribution in [2.24, 2.45) is 0 Å². The Morgan fingerprint density at radius 1 is 1.50 bits per heavy atom. The maximum absolute atomic E-state index is 10.7. The molecule has 14 heavy (non-hydrogen) atoms. The Balaban J connectivity index is 2.63. The minimum Gasteiger partial charge on any atom is -0.478 e. The summed E-state index contributed by atoms with van der Waals surface area (Å²) in [6.07, 6.45) is 3.59. The predicted octanol–water partition coefficient (Wildman–Crippen LogP) is 2.85. The summed E-state index contributed by atoms with van der Waals surface area (Å²) in [6.45, 7) is 0. The molecule has 1 aromatic heterocycles. The van der Waals surface area contributed by atoms with E-state index in [9.17, 15) is 4.79 Å². The normalized spacial score (nSPS) is 10.6. The van der Waals surface area contributed by atoms with Crippen LogP contribution in [-0.4, -0.2) is 17.3 Å². The molecule has 0 amide bonds. The van der Waals surface area contributed by atoms with Crippen LogP contribution >= 0.6 is 11.8 Å². The van der Waals surface area contributed by atoms with E-state index < -0.39 is 5.97 Å². The number of hydrogen-bond donors (Lipinski definition) is 1. The van der Waals surface area contributed by atoms with Crippen LogP contribution in [0.5, 0.6) is 0 Å². The summed E-state index contributed by atoms with van der Waals surface area (Å²) < 4.78 is 5.25. The summed E-state index contributed by atoms with van der Waals surface area (Å²) in [5, 5.41) is 9.72. The first kappa shape index (κ1) is 9.15. The number of fused-ring (bicyclic) bond motifs is 1. The van der Waals surface area contributed by atoms with E-state index in [1.54, 1.807) is 30.2 Å². The Bertz CT molecular complexity index is 487. The number of carboxylic acids is 1. The first-order valence-corrected chi connectivity index (χ1v) is 5.23. The van der Waals surface area contributed by atoms with Crippen LogP contribution in [-0.2, 0) is 0 Å². The fourth-order valence-electron chi connectivity index (χ4n) is 1.29. The topological polar surface area (TPSA) is 50.4 Å². The molecule has 0 spiro atoms. The van der Waals surface area contributed by atoms with Gasteiger partial charge in [-0.05, 0) is 24.5 Å². The minimum absolute atomic E-state index is 0.250. The zero-order valence-corrected chi connectivity index (χ0v) is 8.30. The lowest BCUT2D eigenvalue weighted by Gasteiger charge is -1.94. The molecule has 1 N–H and O–H groups in total. The average molecular weight is 208 g/mol. The van der Waals surface area contributed by atoms with Gasteiger partial charge in [0.1, 0.15) is 11.8 Å². The molecule has 0 fully saturated rings. The predicted molar refractivity (Wildman–Crippen MR) is 55.0 cm³/mol. The largest absolute Gasteiger partial charge is 0.478 e. The molecule has 2 aromatic rings. The van der Waals surface area contributed by atoms with Gasteiger partial charge in [-0.15, -0.1) is 11.8 Å². The molecule has 0 radical (unpaired) electrons. The number of hydrogen-bond acceptors (Lipinski definition) is 3. The van der Waals surface area contributed by atoms with Gasteiger partial charge < -0.3 is 9.52 Å². The van der Waals surface area contributed by atoms with Crippen molar-refractivity contribution in [1.82, 2.24) is 0 Å². The maximum Gasteiger partial charge on any atom is 0.335 e. The van der Waals surface area contributed by atoms with Crippen molar-refractivity contribution >= 4 is 28.7 Å². The van der Waals surface area contributed by atoms with Crippen LogP contribution < -0.4 is 0 Å². The fourth-order valence-corrected chi connectivity index (χ4v) is 1.83. The van der Waals surface area contributed by atoms with Crippen molar-refractivity contribution < 1.29 is 14.3 Å². The third kappa shape index (κ3) is 1.37. The minimum atomic E-state index is -0.936. The highest BCUT2D eigenvalue weighted by Gasteiger charge is 2.08. The highest BCUT2D eigenvalue weighted by molar-refractivity contribution is 7.98. The van der Waals surface area contributed by atoms with Gasteiger partial charge in [-0.3, -0.25) is 0 Å². The molecule has 2 rings (SSSR count). The van der Waals surface area contributed by atoms with Gasteiger partial charge in [0.25, 0.3) is 0 Å². The van der Waals surface area contributed by atoms with Gasteiger partial charge in [0.15, 0.2) is 0 Å². The zero-order valence-electron chi connectivity index (χ0n) is 7.48. The van der Waals surface area contributed by atoms with Crippen LogP contribution in [0.2, 0.25) is 0 Å². The molecule has 0 aliphatic rings. The molecule has 0 atom stereocenters. The molecule has 72 valence electrons. The quantitative estimate of drug-likeness (QED) is 0.771. The molecule has 0 unspecified atom stereocenters. The van der Waals surface area contributed by atoms with E-state index >= 15 is 0 Å². The molecular weight excluding hydrogens is 200 g/mol. The molecular formula is C10H8O3S. The highest BCUT2D eigenvalue weighted by Crippen LogP contribution is 2.28. The van der Waals surface area contributed by atoms with Crippen molar-refractivity contribution in [2.45, 2.75) is 4.90 Å². The third-order valence-corrected chi connectivity index (χ3v) is 2.76. The highest BCUT2D eigenvalue weighted by atomic mass is 32.2. The van der Waals surface area contributed by atoms with Crippen molar-refractivity contribution in [3.63, 3.8) is 0 Å². The van der Waals surface area contributed by atoms with Gasteiger partial charge >= 0.3 is 5.97 Å². The van der Waals surface area contributed by atoms with E-state index in [0.717, 1.165) is 10.3 Å². The van der Waals surface area contributed by atoms with Crippen LogP contribution in [0.1, 0.15) is 10.4 Å². The van der Waals surface area contributed by atoms with Crippen molar-refractivity contribution in [3.05, 3.63) is 30.0 Å². The van der Waals surface area contributed by atoms with E-state index in [1.807, 2.05) is 6.26 Å². The molecule has 1 heterocycles. The number of benzene rings is 1. The monoisotopic (exact) mass is 208 g/mol. The number of thioether (sulfide) groups is 1. The van der Waals surface area contributed by atoms with E-state index in [-0.39, 0.29) is 5.56 Å². The second-order valence-electron chi connectivity index (χ2n) is 2.82. The van der Waals surface area contributed by atoms with Crippen molar-refractivity contribution in [1.29, 1.82) is 0 Å². The second-order valence-corrected chi connectivity index (χ2v) is 3.67. The zero-order chi connectivity index (χ0) is 10.1. The smallest absolute Gasteiger partial charge is 0.335 e. The molecule has 0 aliphatic heterocycles. The molecule has 0 bridgehead atoms. The molecule has 0 saturated carbocycles. The fraction of sp³-hybridized carbons (Fsp3) is 0.100. The average Bonchev–Trinajstić information content (AvgIpc) is 2.59. The van der Waals surface area contributed by atoms with Crippen LogP contribution in [0.25, 0.3) is 11.0 Å². The van der Waals surface area contributed by atoms with Crippen LogP contribution in [0.15, 0.2) is 33.8 Å². The Hall–Kier alpha value is -1.42. The molecule has 3 nitrogen and oxygen atoms in total. The van der Waals surface area contributed by atoms with Gasteiger partial charge in [0, 0.05) is 5.39 Å². The number of rotatable bonds is 2. The standard InChI is InChI=1S/C10H8O3S/c1-14-9-5-13-8-4-6(10(11)12)2-3-7(8)9/h2-5H,1H3,(H,11,12). The number of furan rings is 1. The summed E-state index contributed by atoms with van der Waals surface area (Å²) in [6, 6.07) is 4.89. The summed E-state index contributed by atoms with van der Waals surface area (Å²) in [7, 11) is 0. The second kappa shape index (κ2) is 3.38. The van der Waals surface area contributed by atoms with Crippen molar-refractivity contribution in [2.75, 3.05) is 6.26 Å². The van der Waals surface area contributed by atoms with Gasteiger partial charge in [-0.1, -0.05) is 0 Å². The molecule has 1 aromatic carbocycles. The van der Waals surface area contributed by atoms with Gasteiger partial charge in [0.05, 0.1) is 10.5 Å². The summed E-state index contributed by atoms with van der Waals surface area (Å²) >= 11 is 1.58. The lowest BCUT2D eigenvalue weighted by molar-refractivity contribution is 0.0697. The van der Waals surface area contributed by atoms with E-state index in [2.05, 4.69) is 0 Å².